The number of nitrogens with zero attached hydrogens (tertiary/aromatic N) is 2. The third kappa shape index (κ3) is 7.48. The predicted octanol–water partition coefficient (Wildman–Crippen LogP) is 6.25. The Balaban J connectivity index is 1.27. The number of hydrogen-bond donors (Lipinski definition) is 2. The van der Waals surface area contributed by atoms with Gasteiger partial charge in [0.25, 0.3) is 17.7 Å². The lowest BCUT2D eigenvalue weighted by atomic mass is 10.0. The zero-order valence-corrected chi connectivity index (χ0v) is 25.3. The number of carbonyl (C=O) groups excluding carboxylic acids is 3. The third-order valence-electron chi connectivity index (χ3n) is 7.16. The number of carbonyl (C=O) groups is 3. The molecular weight excluding hydrogens is 572 g/mol. The van der Waals surface area contributed by atoms with Crippen molar-refractivity contribution in [1.29, 1.82) is 0 Å². The molecule has 10 heteroatoms. The van der Waals surface area contributed by atoms with E-state index in [0.717, 1.165) is 24.1 Å². The van der Waals surface area contributed by atoms with Gasteiger partial charge in [0, 0.05) is 40.2 Å². The summed E-state index contributed by atoms with van der Waals surface area (Å²) in [6.45, 7) is 2.88. The quantitative estimate of drug-likeness (QED) is 0.220. The second-order valence-corrected chi connectivity index (χ2v) is 10.2. The number of hydrazone groups is 1. The molecule has 0 saturated heterocycles. The van der Waals surface area contributed by atoms with E-state index >= 15 is 0 Å². The minimum absolute atomic E-state index is 0.273. The molecule has 0 atom stereocenters. The van der Waals surface area contributed by atoms with Crippen molar-refractivity contribution in [2.45, 2.75) is 19.8 Å². The average molecular weight is 607 g/mol. The zero-order chi connectivity index (χ0) is 31.8. The molecule has 4 aromatic carbocycles. The van der Waals surface area contributed by atoms with Gasteiger partial charge in [-0.25, -0.2) is 5.01 Å². The van der Waals surface area contributed by atoms with Gasteiger partial charge in [-0.1, -0.05) is 12.1 Å². The number of rotatable bonds is 10. The lowest BCUT2D eigenvalue weighted by Gasteiger charge is -2.24. The van der Waals surface area contributed by atoms with Crippen molar-refractivity contribution in [2.75, 3.05) is 38.0 Å². The second-order valence-electron chi connectivity index (χ2n) is 10.2. The predicted molar refractivity (Wildman–Crippen MR) is 173 cm³/mol. The van der Waals surface area contributed by atoms with Gasteiger partial charge in [0.05, 0.1) is 26.5 Å². The maximum Gasteiger partial charge on any atom is 0.274 e. The second kappa shape index (κ2) is 14.2. The fourth-order valence-electron chi connectivity index (χ4n) is 4.88. The molecule has 45 heavy (non-hydrogen) atoms. The summed E-state index contributed by atoms with van der Waals surface area (Å²) in [6.07, 6.45) is 1.47. The van der Waals surface area contributed by atoms with Crippen LogP contribution in [-0.2, 0) is 0 Å². The molecule has 0 bridgehead atoms. The monoisotopic (exact) mass is 606 g/mol. The number of anilines is 2. The molecule has 0 spiro atoms. The molecule has 0 aliphatic carbocycles. The first kappa shape index (κ1) is 30.8. The Bertz CT molecular complexity index is 1730. The van der Waals surface area contributed by atoms with Gasteiger partial charge in [-0.05, 0) is 98.6 Å². The van der Waals surface area contributed by atoms with Crippen LogP contribution in [-0.4, -0.2) is 55.8 Å². The van der Waals surface area contributed by atoms with Gasteiger partial charge in [-0.15, -0.1) is 0 Å². The van der Waals surface area contributed by atoms with Crippen molar-refractivity contribution in [3.05, 3.63) is 113 Å². The van der Waals surface area contributed by atoms with Crippen LogP contribution in [0.15, 0.2) is 96.1 Å². The van der Waals surface area contributed by atoms with Crippen LogP contribution >= 0.6 is 0 Å². The van der Waals surface area contributed by atoms with Gasteiger partial charge in [0.2, 0.25) is 0 Å². The number of ether oxygens (including phenoxy) is 3. The maximum atomic E-state index is 13.5. The van der Waals surface area contributed by atoms with Gasteiger partial charge < -0.3 is 24.8 Å². The Labute approximate surface area is 261 Å². The van der Waals surface area contributed by atoms with E-state index in [1.54, 1.807) is 87.0 Å². The summed E-state index contributed by atoms with van der Waals surface area (Å²) in [5, 5.41) is 11.8. The highest BCUT2D eigenvalue weighted by molar-refractivity contribution is 6.08. The Kier molecular flexibility index (Phi) is 9.74. The zero-order valence-electron chi connectivity index (χ0n) is 25.3. The van der Waals surface area contributed by atoms with E-state index in [-0.39, 0.29) is 17.7 Å². The Morgan fingerprint density at radius 1 is 0.756 bits per heavy atom. The summed E-state index contributed by atoms with van der Waals surface area (Å²) in [7, 11) is 3.15. The van der Waals surface area contributed by atoms with Crippen molar-refractivity contribution < 1.29 is 28.6 Å². The molecule has 0 aromatic heterocycles. The number of hydrogen-bond acceptors (Lipinski definition) is 7. The Morgan fingerprint density at radius 3 is 2.09 bits per heavy atom. The first-order valence-corrected chi connectivity index (χ1v) is 14.6. The van der Waals surface area contributed by atoms with Gasteiger partial charge in [-0.2, -0.15) is 5.10 Å². The summed E-state index contributed by atoms with van der Waals surface area (Å²) < 4.78 is 16.2. The van der Waals surface area contributed by atoms with E-state index in [2.05, 4.69) is 15.7 Å². The van der Waals surface area contributed by atoms with Crippen LogP contribution in [0.2, 0.25) is 0 Å². The highest BCUT2D eigenvalue weighted by Gasteiger charge is 2.22. The van der Waals surface area contributed by atoms with E-state index in [9.17, 15) is 14.4 Å². The number of methoxy groups -OCH3 is 2. The molecule has 0 radical (unpaired) electrons. The molecule has 1 aliphatic heterocycles. The van der Waals surface area contributed by atoms with Crippen molar-refractivity contribution in [3.63, 3.8) is 0 Å². The molecule has 1 aliphatic rings. The number of amides is 3. The molecule has 5 rings (SSSR count). The topological polar surface area (TPSA) is 119 Å². The van der Waals surface area contributed by atoms with Crippen molar-refractivity contribution in [2.24, 2.45) is 5.10 Å². The lowest BCUT2D eigenvalue weighted by molar-refractivity contribution is 0.0751. The number of nitrogens with one attached hydrogen (secondary N) is 2. The minimum atomic E-state index is -0.386. The smallest absolute Gasteiger partial charge is 0.274 e. The van der Waals surface area contributed by atoms with Crippen LogP contribution in [0.25, 0.3) is 0 Å². The molecule has 2 N–H and O–H groups in total. The van der Waals surface area contributed by atoms with Gasteiger partial charge in [0.1, 0.15) is 5.75 Å². The molecule has 0 saturated carbocycles. The summed E-state index contributed by atoms with van der Waals surface area (Å²) in [6, 6.07) is 25.7. The van der Waals surface area contributed by atoms with Crippen LogP contribution < -0.4 is 24.8 Å². The van der Waals surface area contributed by atoms with Crippen LogP contribution in [0.3, 0.4) is 0 Å². The first-order valence-electron chi connectivity index (χ1n) is 14.6. The lowest BCUT2D eigenvalue weighted by Crippen LogP contribution is -2.32. The molecule has 0 unspecified atom stereocenters. The maximum absolute atomic E-state index is 13.5. The van der Waals surface area contributed by atoms with Crippen LogP contribution in [0.5, 0.6) is 17.2 Å². The highest BCUT2D eigenvalue weighted by Crippen LogP contribution is 2.30. The van der Waals surface area contributed by atoms with E-state index in [0.29, 0.717) is 58.5 Å². The fraction of sp³-hybridized carbons (Fsp3) is 0.200. The first-order chi connectivity index (χ1) is 21.9. The molecule has 0 fully saturated rings. The van der Waals surface area contributed by atoms with Crippen LogP contribution in [0.4, 0.5) is 11.4 Å². The van der Waals surface area contributed by atoms with Crippen molar-refractivity contribution in [1.82, 2.24) is 5.01 Å². The molecule has 10 nitrogen and oxygen atoms in total. The Morgan fingerprint density at radius 2 is 1.42 bits per heavy atom. The van der Waals surface area contributed by atoms with Crippen LogP contribution in [0, 0.1) is 0 Å². The normalized spacial score (nSPS) is 12.5. The SMILES string of the molecule is CCOc1cc(C2=NN(C(=O)c3cccc(NC(=O)c4cccc(NC(=O)c5ccc(OC)cc5)c4)c3)CCC2)ccc1OC. The average Bonchev–Trinajstić information content (AvgIpc) is 3.08. The molecule has 3 amide bonds. The van der Waals surface area contributed by atoms with Gasteiger partial charge >= 0.3 is 0 Å². The van der Waals surface area contributed by atoms with Gasteiger partial charge in [0.15, 0.2) is 11.5 Å². The molecule has 1 heterocycles. The van der Waals surface area contributed by atoms with Crippen molar-refractivity contribution >= 4 is 34.8 Å². The summed E-state index contributed by atoms with van der Waals surface area (Å²) >= 11 is 0. The fourth-order valence-corrected chi connectivity index (χ4v) is 4.88. The molecular formula is C35H34N4O6. The van der Waals surface area contributed by atoms with E-state index in [4.69, 9.17) is 14.2 Å². The van der Waals surface area contributed by atoms with E-state index in [1.165, 1.54) is 5.01 Å². The standard InChI is InChI=1S/C35H34N4O6/c1-4-45-32-22-24(15-18-31(32)44-3)30-12-7-19-39(38-30)35(42)26-9-6-11-28(21-26)37-34(41)25-8-5-10-27(20-25)36-33(40)23-13-16-29(43-2)17-14-23/h5-6,8-11,13-18,20-22H,4,7,12,19H2,1-3H3,(H,36,40)(H,37,41). The van der Waals surface area contributed by atoms with Gasteiger partial charge in [-0.3, -0.25) is 14.4 Å². The summed E-state index contributed by atoms with van der Waals surface area (Å²) in [4.78, 5) is 39.3. The summed E-state index contributed by atoms with van der Waals surface area (Å²) in [5.74, 6) is 0.931. The Hall–Kier alpha value is -5.64. The highest BCUT2D eigenvalue weighted by atomic mass is 16.5. The third-order valence-corrected chi connectivity index (χ3v) is 7.16. The number of benzene rings is 4. The van der Waals surface area contributed by atoms with E-state index in [1.807, 2.05) is 25.1 Å². The van der Waals surface area contributed by atoms with Crippen LogP contribution in [0.1, 0.15) is 56.4 Å². The summed E-state index contributed by atoms with van der Waals surface area (Å²) in [5.41, 5.74) is 3.75. The van der Waals surface area contributed by atoms with Crippen molar-refractivity contribution in [3.8, 4) is 17.2 Å². The molecule has 230 valence electrons. The largest absolute Gasteiger partial charge is 0.497 e. The molecule has 4 aromatic rings. The van der Waals surface area contributed by atoms with E-state index < -0.39 is 0 Å². The minimum Gasteiger partial charge on any atom is -0.497 e.